The van der Waals surface area contributed by atoms with Gasteiger partial charge in [0.15, 0.2) is 0 Å². The summed E-state index contributed by atoms with van der Waals surface area (Å²) in [5.74, 6) is 0. The molecule has 1 aliphatic heterocycles. The van der Waals surface area contributed by atoms with E-state index in [0.29, 0.717) is 4.99 Å². The van der Waals surface area contributed by atoms with Crippen LogP contribution in [0.2, 0.25) is 0 Å². The fourth-order valence-corrected chi connectivity index (χ4v) is 3.22. The number of nitrogens with two attached hydrogens (primary N) is 1. The van der Waals surface area contributed by atoms with Gasteiger partial charge in [0.25, 0.3) is 0 Å². The van der Waals surface area contributed by atoms with Crippen molar-refractivity contribution in [1.82, 2.24) is 0 Å². The van der Waals surface area contributed by atoms with Crippen molar-refractivity contribution in [2.45, 2.75) is 26.7 Å². The van der Waals surface area contributed by atoms with Crippen LogP contribution >= 0.6 is 12.2 Å². The Morgan fingerprint density at radius 3 is 2.52 bits per heavy atom. The highest BCUT2D eigenvalue weighted by atomic mass is 32.1. The van der Waals surface area contributed by atoms with Gasteiger partial charge in [-0.3, -0.25) is 0 Å². The fourth-order valence-electron chi connectivity index (χ4n) is 3.05. The van der Waals surface area contributed by atoms with Gasteiger partial charge in [0.1, 0.15) is 4.99 Å². The molecule has 0 radical (unpaired) electrons. The molecule has 0 fully saturated rings. The van der Waals surface area contributed by atoms with Crippen LogP contribution < -0.4 is 10.6 Å². The molecular weight excluding hydrogens is 276 g/mol. The summed E-state index contributed by atoms with van der Waals surface area (Å²) in [6.45, 7) is 5.26. The van der Waals surface area contributed by atoms with E-state index in [-0.39, 0.29) is 0 Å². The molecule has 1 aliphatic rings. The van der Waals surface area contributed by atoms with Gasteiger partial charge in [-0.2, -0.15) is 0 Å². The number of rotatable bonds is 2. The van der Waals surface area contributed by atoms with Gasteiger partial charge >= 0.3 is 0 Å². The Labute approximate surface area is 131 Å². The summed E-state index contributed by atoms with van der Waals surface area (Å²) in [5, 5.41) is 0. The summed E-state index contributed by atoms with van der Waals surface area (Å²) in [6.07, 6.45) is 2.29. The third-order valence-electron chi connectivity index (χ3n) is 4.06. The molecule has 0 spiro atoms. The lowest BCUT2D eigenvalue weighted by Gasteiger charge is -2.33. The molecular formula is C18H20N2S. The molecule has 2 N–H and O–H groups in total. The smallest absolute Gasteiger partial charge is 0.106 e. The largest absolute Gasteiger partial charge is 0.389 e. The molecule has 0 aliphatic carbocycles. The van der Waals surface area contributed by atoms with Crippen LogP contribution in [0.15, 0.2) is 36.4 Å². The highest BCUT2D eigenvalue weighted by Crippen LogP contribution is 2.36. The minimum absolute atomic E-state index is 0.462. The molecule has 1 heterocycles. The molecule has 3 rings (SSSR count). The number of anilines is 2. The third-order valence-corrected chi connectivity index (χ3v) is 4.28. The van der Waals surface area contributed by atoms with E-state index in [9.17, 15) is 0 Å². The zero-order chi connectivity index (χ0) is 15.0. The minimum atomic E-state index is 0.462. The van der Waals surface area contributed by atoms with Crippen LogP contribution in [-0.2, 0) is 6.42 Å². The van der Waals surface area contributed by atoms with Crippen LogP contribution in [0.25, 0.3) is 0 Å². The molecule has 108 valence electrons. The van der Waals surface area contributed by atoms with E-state index < -0.39 is 0 Å². The first-order valence-corrected chi connectivity index (χ1v) is 7.74. The molecule has 0 unspecified atom stereocenters. The topological polar surface area (TPSA) is 29.3 Å². The Bertz CT molecular complexity index is 706. The zero-order valence-corrected chi connectivity index (χ0v) is 13.3. The molecule has 0 saturated heterocycles. The first kappa shape index (κ1) is 14.1. The van der Waals surface area contributed by atoms with E-state index >= 15 is 0 Å². The quantitative estimate of drug-likeness (QED) is 0.849. The monoisotopic (exact) mass is 296 g/mol. The number of hydrogen-bond acceptors (Lipinski definition) is 2. The number of hydrogen-bond donors (Lipinski definition) is 1. The van der Waals surface area contributed by atoms with Crippen molar-refractivity contribution in [3.8, 4) is 0 Å². The molecule has 0 amide bonds. The van der Waals surface area contributed by atoms with Gasteiger partial charge in [0.2, 0.25) is 0 Å². The van der Waals surface area contributed by atoms with E-state index in [2.05, 4.69) is 49.1 Å². The average molecular weight is 296 g/mol. The average Bonchev–Trinajstić information content (AvgIpc) is 2.45. The Morgan fingerprint density at radius 2 is 1.76 bits per heavy atom. The van der Waals surface area contributed by atoms with Crippen molar-refractivity contribution in [1.29, 1.82) is 0 Å². The predicted molar refractivity (Wildman–Crippen MR) is 93.6 cm³/mol. The van der Waals surface area contributed by atoms with Crippen molar-refractivity contribution >= 4 is 28.6 Å². The maximum Gasteiger partial charge on any atom is 0.106 e. The van der Waals surface area contributed by atoms with Crippen molar-refractivity contribution in [2.75, 3.05) is 11.4 Å². The van der Waals surface area contributed by atoms with Crippen molar-refractivity contribution < 1.29 is 0 Å². The summed E-state index contributed by atoms with van der Waals surface area (Å²) in [4.78, 5) is 2.82. The summed E-state index contributed by atoms with van der Waals surface area (Å²) < 4.78 is 0. The minimum Gasteiger partial charge on any atom is -0.389 e. The Hall–Kier alpha value is -1.87. The molecule has 2 aromatic rings. The first-order valence-electron chi connectivity index (χ1n) is 7.34. The van der Waals surface area contributed by atoms with Crippen LogP contribution in [0.5, 0.6) is 0 Å². The van der Waals surface area contributed by atoms with Crippen molar-refractivity contribution in [2.24, 2.45) is 5.73 Å². The molecule has 0 bridgehead atoms. The normalized spacial score (nSPS) is 13.9. The van der Waals surface area contributed by atoms with E-state index in [1.807, 2.05) is 6.07 Å². The standard InChI is InChI=1S/C18H20N2S/c1-12-6-8-16-14(10-12)4-3-9-20(16)17-11-13(2)5-7-15(17)18(19)21/h5-8,10-11H,3-4,9H2,1-2H3,(H2,19,21). The predicted octanol–water partition coefficient (Wildman–Crippen LogP) is 4.02. The highest BCUT2D eigenvalue weighted by molar-refractivity contribution is 7.80. The number of aryl methyl sites for hydroxylation is 3. The van der Waals surface area contributed by atoms with Crippen LogP contribution in [0.4, 0.5) is 11.4 Å². The molecule has 2 nitrogen and oxygen atoms in total. The Kier molecular flexibility index (Phi) is 3.68. The maximum absolute atomic E-state index is 5.92. The zero-order valence-electron chi connectivity index (χ0n) is 12.5. The second-order valence-corrected chi connectivity index (χ2v) is 6.21. The molecule has 0 atom stereocenters. The summed E-state index contributed by atoms with van der Waals surface area (Å²) in [6, 6.07) is 13.0. The van der Waals surface area contributed by atoms with Crippen LogP contribution in [-0.4, -0.2) is 11.5 Å². The number of thiocarbonyl (C=S) groups is 1. The second kappa shape index (κ2) is 5.49. The summed E-state index contributed by atoms with van der Waals surface area (Å²) in [7, 11) is 0. The van der Waals surface area contributed by atoms with Crippen molar-refractivity contribution in [3.63, 3.8) is 0 Å². The lowest BCUT2D eigenvalue weighted by molar-refractivity contribution is 0.765. The van der Waals surface area contributed by atoms with Gasteiger partial charge in [0, 0.05) is 17.8 Å². The van der Waals surface area contributed by atoms with Crippen LogP contribution in [0.1, 0.15) is 28.7 Å². The van der Waals surface area contributed by atoms with E-state index in [0.717, 1.165) is 30.6 Å². The molecule has 0 aromatic heterocycles. The first-order chi connectivity index (χ1) is 10.1. The van der Waals surface area contributed by atoms with E-state index in [4.69, 9.17) is 18.0 Å². The second-order valence-electron chi connectivity index (χ2n) is 5.77. The Morgan fingerprint density at radius 1 is 1.05 bits per heavy atom. The fraction of sp³-hybridized carbons (Fsp3) is 0.278. The van der Waals surface area contributed by atoms with Gasteiger partial charge in [-0.15, -0.1) is 0 Å². The van der Waals surface area contributed by atoms with Crippen LogP contribution in [0.3, 0.4) is 0 Å². The molecule has 0 saturated carbocycles. The van der Waals surface area contributed by atoms with Gasteiger partial charge in [-0.05, 0) is 56.0 Å². The van der Waals surface area contributed by atoms with E-state index in [1.54, 1.807) is 0 Å². The number of benzene rings is 2. The maximum atomic E-state index is 5.92. The Balaban J connectivity index is 2.15. The van der Waals surface area contributed by atoms with E-state index in [1.165, 1.54) is 22.4 Å². The molecule has 3 heteroatoms. The van der Waals surface area contributed by atoms with Gasteiger partial charge < -0.3 is 10.6 Å². The number of fused-ring (bicyclic) bond motifs is 1. The molecule has 21 heavy (non-hydrogen) atoms. The van der Waals surface area contributed by atoms with Crippen molar-refractivity contribution in [3.05, 3.63) is 58.7 Å². The van der Waals surface area contributed by atoms with Crippen LogP contribution in [0, 0.1) is 13.8 Å². The van der Waals surface area contributed by atoms with Gasteiger partial charge in [-0.25, -0.2) is 0 Å². The SMILES string of the molecule is Cc1ccc2c(c1)CCCN2c1cc(C)ccc1C(N)=S. The lowest BCUT2D eigenvalue weighted by atomic mass is 9.97. The summed E-state index contributed by atoms with van der Waals surface area (Å²) >= 11 is 5.23. The van der Waals surface area contributed by atoms with Gasteiger partial charge in [-0.1, -0.05) is 36.0 Å². The third kappa shape index (κ3) is 2.66. The van der Waals surface area contributed by atoms with Gasteiger partial charge in [0.05, 0.1) is 5.69 Å². The summed E-state index contributed by atoms with van der Waals surface area (Å²) in [5.41, 5.74) is 13.3. The lowest BCUT2D eigenvalue weighted by Crippen LogP contribution is -2.27. The molecule has 2 aromatic carbocycles. The number of nitrogens with zero attached hydrogens (tertiary/aromatic N) is 1. The highest BCUT2D eigenvalue weighted by Gasteiger charge is 2.21.